The molecule has 0 bridgehead atoms. The summed E-state index contributed by atoms with van der Waals surface area (Å²) in [5, 5.41) is 9.83. The van der Waals surface area contributed by atoms with Gasteiger partial charge in [-0.05, 0) is 54.9 Å². The Morgan fingerprint density at radius 2 is 1.96 bits per heavy atom. The van der Waals surface area contributed by atoms with E-state index in [4.69, 9.17) is 11.6 Å². The van der Waals surface area contributed by atoms with Crippen molar-refractivity contribution in [3.8, 4) is 0 Å². The zero-order chi connectivity index (χ0) is 19.5. The maximum Gasteiger partial charge on any atom is 0.336 e. The average Bonchev–Trinajstić information content (AvgIpc) is 2.57. The fourth-order valence-corrected chi connectivity index (χ4v) is 4.20. The van der Waals surface area contributed by atoms with Crippen LogP contribution in [0.2, 0.25) is 5.02 Å². The smallest absolute Gasteiger partial charge is 0.336 e. The van der Waals surface area contributed by atoms with Gasteiger partial charge in [0.05, 0.1) is 16.8 Å². The van der Waals surface area contributed by atoms with Crippen LogP contribution in [0.1, 0.15) is 36.7 Å². The van der Waals surface area contributed by atoms with Crippen LogP contribution in [0.3, 0.4) is 0 Å². The summed E-state index contributed by atoms with van der Waals surface area (Å²) >= 11 is 9.65. The number of carboxylic acid groups (broad SMARTS) is 1. The largest absolute Gasteiger partial charge is 0.591 e. The van der Waals surface area contributed by atoms with Crippen LogP contribution in [0.25, 0.3) is 0 Å². The molecule has 26 heavy (non-hydrogen) atoms. The molecule has 1 atom stereocenters. The Labute approximate surface area is 173 Å². The van der Waals surface area contributed by atoms with Crippen molar-refractivity contribution in [2.24, 2.45) is 4.40 Å². The van der Waals surface area contributed by atoms with Crippen LogP contribution in [-0.4, -0.2) is 26.6 Å². The molecular weight excluding hydrogens is 458 g/mol. The zero-order valence-corrected chi connectivity index (χ0v) is 18.3. The monoisotopic (exact) mass is 473 g/mol. The number of rotatable bonds is 5. The Hall–Kier alpha value is -0.990. The highest BCUT2D eigenvalue weighted by Gasteiger charge is 2.26. The fraction of sp³-hybridized carbons (Fsp3) is 0.222. The van der Waals surface area contributed by atoms with Gasteiger partial charge < -0.3 is 9.66 Å². The Balaban J connectivity index is 2.47. The molecule has 2 aromatic rings. The predicted octanol–water partition coefficient (Wildman–Crippen LogP) is 5.83. The molecule has 0 aliphatic carbocycles. The minimum atomic E-state index is -1.40. The lowest BCUT2D eigenvalue weighted by molar-refractivity contribution is 0.0693. The van der Waals surface area contributed by atoms with E-state index in [1.165, 1.54) is 18.0 Å². The average molecular weight is 475 g/mol. The van der Waals surface area contributed by atoms with E-state index in [1.54, 1.807) is 36.4 Å². The van der Waals surface area contributed by atoms with Gasteiger partial charge in [-0.25, -0.2) is 4.79 Å². The lowest BCUT2D eigenvalue weighted by atomic mass is 10.2. The van der Waals surface area contributed by atoms with Crippen LogP contribution < -0.4 is 0 Å². The summed E-state index contributed by atoms with van der Waals surface area (Å²) in [5.74, 6) is -1.01. The Morgan fingerprint density at radius 1 is 1.31 bits per heavy atom. The third-order valence-electron chi connectivity index (χ3n) is 3.22. The molecule has 0 radical (unpaired) electrons. The molecule has 4 nitrogen and oxygen atoms in total. The second kappa shape index (κ2) is 8.80. The lowest BCUT2D eigenvalue weighted by Gasteiger charge is -2.18. The first-order valence-corrected chi connectivity index (χ1v) is 10.6. The molecule has 0 fully saturated rings. The van der Waals surface area contributed by atoms with Gasteiger partial charge in [0.1, 0.15) is 16.1 Å². The van der Waals surface area contributed by atoms with E-state index in [2.05, 4.69) is 20.3 Å². The van der Waals surface area contributed by atoms with E-state index in [-0.39, 0.29) is 5.56 Å². The van der Waals surface area contributed by atoms with E-state index in [0.29, 0.717) is 24.8 Å². The van der Waals surface area contributed by atoms with Crippen LogP contribution >= 0.6 is 39.3 Å². The Kier molecular flexibility index (Phi) is 7.21. The summed E-state index contributed by atoms with van der Waals surface area (Å²) in [5.41, 5.74) is 0.857. The molecule has 2 aromatic carbocycles. The molecule has 138 valence electrons. The predicted molar refractivity (Wildman–Crippen MR) is 112 cm³/mol. The number of aromatic carboxylic acids is 1. The van der Waals surface area contributed by atoms with Gasteiger partial charge in [0.25, 0.3) is 0 Å². The van der Waals surface area contributed by atoms with E-state index in [0.717, 1.165) is 0 Å². The first-order chi connectivity index (χ1) is 12.1. The second-order valence-corrected chi connectivity index (χ2v) is 10.5. The van der Waals surface area contributed by atoms with Gasteiger partial charge in [0.15, 0.2) is 0 Å². The van der Waals surface area contributed by atoms with Crippen molar-refractivity contribution < 1.29 is 14.5 Å². The van der Waals surface area contributed by atoms with Gasteiger partial charge in [-0.2, -0.15) is 0 Å². The van der Waals surface area contributed by atoms with E-state index in [1.807, 2.05) is 20.8 Å². The normalized spacial score (nSPS) is 13.2. The molecule has 2 rings (SSSR count). The van der Waals surface area contributed by atoms with Gasteiger partial charge >= 0.3 is 5.97 Å². The molecule has 0 spiro atoms. The molecule has 0 aliphatic heterocycles. The first kappa shape index (κ1) is 21.3. The van der Waals surface area contributed by atoms with Gasteiger partial charge in [0.2, 0.25) is 0 Å². The van der Waals surface area contributed by atoms with E-state index < -0.39 is 22.1 Å². The highest BCUT2D eigenvalue weighted by molar-refractivity contribution is 9.10. The highest BCUT2D eigenvalue weighted by Crippen LogP contribution is 2.40. The third kappa shape index (κ3) is 5.27. The summed E-state index contributed by atoms with van der Waals surface area (Å²) in [7, 11) is 0. The van der Waals surface area contributed by atoms with Crippen LogP contribution in [0, 0.1) is 0 Å². The zero-order valence-electron chi connectivity index (χ0n) is 14.3. The number of halogens is 2. The maximum absolute atomic E-state index is 12.2. The van der Waals surface area contributed by atoms with Gasteiger partial charge in [-0.3, -0.25) is 0 Å². The Bertz CT molecular complexity index is 853. The fourth-order valence-electron chi connectivity index (χ4n) is 1.86. The molecular formula is C18H17BrClNO3S2. The third-order valence-corrected chi connectivity index (χ3v) is 7.18. The molecule has 0 aromatic heterocycles. The number of nitrogens with zero attached hydrogens (tertiary/aromatic N) is 1. The summed E-state index contributed by atoms with van der Waals surface area (Å²) in [6, 6.07) is 10.3. The molecule has 0 saturated heterocycles. The van der Waals surface area contributed by atoms with Gasteiger partial charge in [-0.15, -0.1) is 0 Å². The first-order valence-electron chi connectivity index (χ1n) is 7.55. The molecule has 1 unspecified atom stereocenters. The second-order valence-electron chi connectivity index (χ2n) is 6.28. The molecule has 0 saturated carbocycles. The molecule has 0 heterocycles. The quantitative estimate of drug-likeness (QED) is 0.437. The highest BCUT2D eigenvalue weighted by atomic mass is 79.9. The minimum Gasteiger partial charge on any atom is -0.591 e. The van der Waals surface area contributed by atoms with E-state index in [9.17, 15) is 14.5 Å². The van der Waals surface area contributed by atoms with Crippen molar-refractivity contribution in [1.82, 2.24) is 0 Å². The standard InChI is InChI=1S/C18H17BrClNO3S2/c1-18(2,3)26(24)21-10-11-8-9-13(19)15(20)16(11)25-14-7-5-4-6-12(14)17(22)23/h4-10H,1-3H3,(H,22,23)/b21-10+. The van der Waals surface area contributed by atoms with Crippen molar-refractivity contribution in [2.75, 3.05) is 0 Å². The van der Waals surface area contributed by atoms with Crippen molar-refractivity contribution in [2.45, 2.75) is 35.3 Å². The molecule has 1 N–H and O–H groups in total. The summed E-state index contributed by atoms with van der Waals surface area (Å²) in [4.78, 5) is 12.7. The maximum atomic E-state index is 12.2. The summed E-state index contributed by atoms with van der Waals surface area (Å²) in [6.45, 7) is 5.52. The minimum absolute atomic E-state index is 0.190. The van der Waals surface area contributed by atoms with Gasteiger partial charge in [-0.1, -0.05) is 46.0 Å². The lowest BCUT2D eigenvalue weighted by Crippen LogP contribution is -2.25. The van der Waals surface area contributed by atoms with Crippen molar-refractivity contribution in [1.29, 1.82) is 0 Å². The van der Waals surface area contributed by atoms with Crippen molar-refractivity contribution >= 4 is 62.8 Å². The summed E-state index contributed by atoms with van der Waals surface area (Å²) < 4.78 is 16.5. The van der Waals surface area contributed by atoms with Crippen LogP contribution in [0.4, 0.5) is 0 Å². The molecule has 0 amide bonds. The van der Waals surface area contributed by atoms with Crippen molar-refractivity contribution in [3.63, 3.8) is 0 Å². The number of carboxylic acids is 1. The van der Waals surface area contributed by atoms with Crippen molar-refractivity contribution in [3.05, 3.63) is 57.0 Å². The van der Waals surface area contributed by atoms with Gasteiger partial charge in [0, 0.05) is 19.8 Å². The number of benzene rings is 2. The number of hydrogen-bond donors (Lipinski definition) is 1. The van der Waals surface area contributed by atoms with E-state index >= 15 is 0 Å². The summed E-state index contributed by atoms with van der Waals surface area (Å²) in [6.07, 6.45) is 1.52. The van der Waals surface area contributed by atoms with Crippen LogP contribution in [0.5, 0.6) is 0 Å². The molecule has 8 heteroatoms. The molecule has 0 aliphatic rings. The van der Waals surface area contributed by atoms with Crippen LogP contribution in [0.15, 0.2) is 55.1 Å². The van der Waals surface area contributed by atoms with Crippen LogP contribution in [-0.2, 0) is 11.4 Å². The SMILES string of the molecule is CC(C)(C)[S+]([O-])/N=C/c1ccc(Br)c(Cl)c1Sc1ccccc1C(=O)O. The topological polar surface area (TPSA) is 72.7 Å². The Morgan fingerprint density at radius 3 is 2.58 bits per heavy atom. The number of hydrogen-bond acceptors (Lipinski definition) is 4. The number of carbonyl (C=O) groups is 1.